The van der Waals surface area contributed by atoms with Crippen LogP contribution < -0.4 is 5.32 Å². The summed E-state index contributed by atoms with van der Waals surface area (Å²) in [4.78, 5) is 35.1. The van der Waals surface area contributed by atoms with E-state index in [-0.39, 0.29) is 48.1 Å². The van der Waals surface area contributed by atoms with E-state index >= 15 is 0 Å². The van der Waals surface area contributed by atoms with Gasteiger partial charge < -0.3 is 15.1 Å². The molecule has 39 heavy (non-hydrogen) atoms. The van der Waals surface area contributed by atoms with Gasteiger partial charge in [-0.2, -0.15) is 0 Å². The molecule has 1 spiro atoms. The van der Waals surface area contributed by atoms with E-state index in [1.165, 1.54) is 6.42 Å². The average Bonchev–Trinajstić information content (AvgIpc) is 3.23. The van der Waals surface area contributed by atoms with Gasteiger partial charge in [-0.3, -0.25) is 14.6 Å². The molecule has 3 aliphatic rings. The van der Waals surface area contributed by atoms with Crippen LogP contribution in [-0.2, 0) is 16.1 Å². The summed E-state index contributed by atoms with van der Waals surface area (Å²) < 4.78 is 0. The van der Waals surface area contributed by atoms with Gasteiger partial charge in [-0.05, 0) is 74.9 Å². The fraction of sp³-hybridized carbons (Fsp3) is 0.567. The average molecular weight is 596 g/mol. The Labute approximate surface area is 250 Å². The number of rotatable bonds is 8. The predicted octanol–water partition coefficient (Wildman–Crippen LogP) is 6.22. The summed E-state index contributed by atoms with van der Waals surface area (Å²) in [6, 6.07) is 11.7. The predicted molar refractivity (Wildman–Crippen MR) is 160 cm³/mol. The van der Waals surface area contributed by atoms with Crippen LogP contribution in [-0.4, -0.2) is 52.8 Å². The molecule has 6 nitrogen and oxygen atoms in total. The number of halogens is 3. The summed E-state index contributed by atoms with van der Waals surface area (Å²) in [5, 5.41) is 4.06. The van der Waals surface area contributed by atoms with Gasteiger partial charge in [-0.1, -0.05) is 55.1 Å². The van der Waals surface area contributed by atoms with Gasteiger partial charge in [0.1, 0.15) is 0 Å². The normalized spacial score (nSPS) is 20.2. The fourth-order valence-electron chi connectivity index (χ4n) is 6.45. The van der Waals surface area contributed by atoms with Gasteiger partial charge in [0.15, 0.2) is 0 Å². The molecule has 1 aromatic carbocycles. The maximum Gasteiger partial charge on any atom is 0.229 e. The molecule has 214 valence electrons. The van der Waals surface area contributed by atoms with Gasteiger partial charge in [-0.25, -0.2) is 0 Å². The molecule has 0 radical (unpaired) electrons. The molecule has 5 rings (SSSR count). The van der Waals surface area contributed by atoms with Crippen molar-refractivity contribution in [1.82, 2.24) is 20.1 Å². The summed E-state index contributed by atoms with van der Waals surface area (Å²) in [6.07, 6.45) is 12.7. The molecule has 1 N–H and O–H groups in total. The first-order valence-electron chi connectivity index (χ1n) is 14.0. The van der Waals surface area contributed by atoms with Crippen molar-refractivity contribution in [2.24, 2.45) is 11.3 Å². The minimum absolute atomic E-state index is 0. The molecule has 2 aromatic rings. The number of nitrogens with one attached hydrogen (secondary N) is 1. The van der Waals surface area contributed by atoms with Crippen molar-refractivity contribution in [1.29, 1.82) is 0 Å². The number of pyridine rings is 1. The second kappa shape index (κ2) is 14.7. The minimum atomic E-state index is -0.212. The van der Waals surface area contributed by atoms with Crippen molar-refractivity contribution in [2.45, 2.75) is 70.4 Å². The van der Waals surface area contributed by atoms with E-state index in [9.17, 15) is 9.59 Å². The quantitative estimate of drug-likeness (QED) is 0.393. The van der Waals surface area contributed by atoms with Crippen molar-refractivity contribution in [3.8, 4) is 0 Å². The number of hydrogen-bond acceptors (Lipinski definition) is 4. The van der Waals surface area contributed by atoms with E-state index < -0.39 is 0 Å². The third kappa shape index (κ3) is 7.66. The molecular weight excluding hydrogens is 555 g/mol. The topological polar surface area (TPSA) is 65.5 Å². The lowest BCUT2D eigenvalue weighted by Crippen LogP contribution is -2.45. The lowest BCUT2D eigenvalue weighted by Gasteiger charge is -2.38. The number of likely N-dealkylation sites (tertiary alicyclic amines) is 2. The van der Waals surface area contributed by atoms with Crippen molar-refractivity contribution in [3.05, 3.63) is 64.9 Å². The monoisotopic (exact) mass is 594 g/mol. The molecular formula is C30H41Cl3N4O2. The third-order valence-electron chi connectivity index (χ3n) is 8.82. The highest BCUT2D eigenvalue weighted by Gasteiger charge is 2.47. The number of piperidine rings is 1. The Morgan fingerprint density at radius 2 is 1.74 bits per heavy atom. The highest BCUT2D eigenvalue weighted by molar-refractivity contribution is 6.31. The van der Waals surface area contributed by atoms with Gasteiger partial charge in [0.2, 0.25) is 11.8 Å². The van der Waals surface area contributed by atoms with Crippen LogP contribution >= 0.6 is 36.4 Å². The zero-order chi connectivity index (χ0) is 25.7. The SMILES string of the molecule is Cl.Cl.O=C(NC(CCN1CCC2(CC1)CCN(Cc1cccnc1)C2=O)c1ccccc1Cl)C1CCCCC1. The summed E-state index contributed by atoms with van der Waals surface area (Å²) in [5.41, 5.74) is 1.88. The van der Waals surface area contributed by atoms with Crippen LogP contribution in [0.5, 0.6) is 0 Å². The van der Waals surface area contributed by atoms with Crippen LogP contribution in [0.2, 0.25) is 5.02 Å². The maximum atomic E-state index is 13.4. The zero-order valence-electron chi connectivity index (χ0n) is 22.5. The Morgan fingerprint density at radius 1 is 1.03 bits per heavy atom. The maximum absolute atomic E-state index is 13.4. The number of hydrogen-bond donors (Lipinski definition) is 1. The van der Waals surface area contributed by atoms with Gasteiger partial charge in [0.25, 0.3) is 0 Å². The van der Waals surface area contributed by atoms with E-state index in [4.69, 9.17) is 11.6 Å². The highest BCUT2D eigenvalue weighted by atomic mass is 35.5. The lowest BCUT2D eigenvalue weighted by atomic mass is 9.77. The first-order chi connectivity index (χ1) is 18.0. The Hall–Kier alpha value is -1.86. The summed E-state index contributed by atoms with van der Waals surface area (Å²) in [6.45, 7) is 4.19. The van der Waals surface area contributed by atoms with Crippen molar-refractivity contribution in [3.63, 3.8) is 0 Å². The van der Waals surface area contributed by atoms with Crippen LogP contribution in [0.1, 0.15) is 75.0 Å². The molecule has 1 unspecified atom stereocenters. The molecule has 0 bridgehead atoms. The molecule has 2 saturated heterocycles. The van der Waals surface area contributed by atoms with E-state index in [1.54, 1.807) is 6.20 Å². The van der Waals surface area contributed by atoms with Crippen molar-refractivity contribution in [2.75, 3.05) is 26.2 Å². The molecule has 3 heterocycles. The van der Waals surface area contributed by atoms with Crippen LogP contribution in [0.4, 0.5) is 0 Å². The second-order valence-electron chi connectivity index (χ2n) is 11.2. The number of benzene rings is 1. The fourth-order valence-corrected chi connectivity index (χ4v) is 6.72. The van der Waals surface area contributed by atoms with Gasteiger partial charge in [0.05, 0.1) is 11.5 Å². The molecule has 3 fully saturated rings. The largest absolute Gasteiger partial charge is 0.349 e. The minimum Gasteiger partial charge on any atom is -0.349 e. The first kappa shape index (κ1) is 31.7. The number of aromatic nitrogens is 1. The van der Waals surface area contributed by atoms with E-state index in [2.05, 4.69) is 15.2 Å². The van der Waals surface area contributed by atoms with E-state index in [0.717, 1.165) is 88.7 Å². The Kier molecular flexibility index (Phi) is 11.9. The van der Waals surface area contributed by atoms with Crippen LogP contribution in [0.25, 0.3) is 0 Å². The number of carbonyl (C=O) groups is 2. The van der Waals surface area contributed by atoms with E-state index in [0.29, 0.717) is 17.5 Å². The summed E-state index contributed by atoms with van der Waals surface area (Å²) in [5.74, 6) is 0.605. The Balaban J connectivity index is 0.00000210. The Morgan fingerprint density at radius 3 is 2.44 bits per heavy atom. The lowest BCUT2D eigenvalue weighted by molar-refractivity contribution is -0.139. The molecule has 1 aliphatic carbocycles. The third-order valence-corrected chi connectivity index (χ3v) is 9.16. The zero-order valence-corrected chi connectivity index (χ0v) is 24.9. The van der Waals surface area contributed by atoms with Gasteiger partial charge in [-0.15, -0.1) is 24.8 Å². The van der Waals surface area contributed by atoms with Crippen LogP contribution in [0, 0.1) is 11.3 Å². The highest BCUT2D eigenvalue weighted by Crippen LogP contribution is 2.42. The molecule has 1 atom stereocenters. The smallest absolute Gasteiger partial charge is 0.229 e. The Bertz CT molecular complexity index is 1070. The second-order valence-corrected chi connectivity index (χ2v) is 11.6. The molecule has 2 aliphatic heterocycles. The van der Waals surface area contributed by atoms with Crippen molar-refractivity contribution >= 4 is 48.2 Å². The van der Waals surface area contributed by atoms with Crippen LogP contribution in [0.15, 0.2) is 48.8 Å². The van der Waals surface area contributed by atoms with Gasteiger partial charge >= 0.3 is 0 Å². The summed E-state index contributed by atoms with van der Waals surface area (Å²) in [7, 11) is 0. The number of amides is 2. The molecule has 2 amide bonds. The number of nitrogens with zero attached hydrogens (tertiary/aromatic N) is 3. The standard InChI is InChI=1S/C30H39ClN4O2.2ClH/c31-26-11-5-4-10-25(26)27(33-28(36)24-8-2-1-3-9-24)12-17-34-18-13-30(14-19-34)15-20-35(29(30)37)22-23-7-6-16-32-21-23;;/h4-7,10-11,16,21,24,27H,1-3,8-9,12-15,17-20,22H2,(H,33,36);2*1H. The molecule has 9 heteroatoms. The van der Waals surface area contributed by atoms with Crippen molar-refractivity contribution < 1.29 is 9.59 Å². The van der Waals surface area contributed by atoms with Gasteiger partial charge in [0, 0.05) is 43.0 Å². The van der Waals surface area contributed by atoms with Crippen LogP contribution in [0.3, 0.4) is 0 Å². The van der Waals surface area contributed by atoms with E-state index in [1.807, 2.05) is 47.5 Å². The number of carbonyl (C=O) groups excluding carboxylic acids is 2. The molecule has 1 aromatic heterocycles. The first-order valence-corrected chi connectivity index (χ1v) is 14.4. The molecule has 1 saturated carbocycles. The summed E-state index contributed by atoms with van der Waals surface area (Å²) >= 11 is 6.57.